The van der Waals surface area contributed by atoms with Crippen LogP contribution in [0.3, 0.4) is 0 Å². The lowest BCUT2D eigenvalue weighted by Gasteiger charge is -2.59. The summed E-state index contributed by atoms with van der Waals surface area (Å²) in [6, 6.07) is 5.77. The van der Waals surface area contributed by atoms with E-state index in [1.165, 1.54) is 12.1 Å². The first-order chi connectivity index (χ1) is 16.3. The van der Waals surface area contributed by atoms with Crippen LogP contribution >= 0.6 is 0 Å². The zero-order valence-corrected chi connectivity index (χ0v) is 21.9. The Morgan fingerprint density at radius 1 is 0.971 bits per heavy atom. The Morgan fingerprint density at radius 3 is 2.31 bits per heavy atom. The number of hydrogen-bond donors (Lipinski definition) is 1. The lowest BCUT2D eigenvalue weighted by molar-refractivity contribution is -0.137. The Morgan fingerprint density at radius 2 is 1.66 bits per heavy atom. The molecule has 0 aromatic heterocycles. The summed E-state index contributed by atoms with van der Waals surface area (Å²) in [4.78, 5) is 0. The van der Waals surface area contributed by atoms with Crippen molar-refractivity contribution in [2.75, 3.05) is 0 Å². The standard InChI is InChI=1S/C31H41F3O/c1-19(18-20-6-8-21(9-7-20)31(32,33)34)23-11-12-24-22-10-13-26-28(2,3)27(35)15-17-30(26,5)25(22)14-16-29(23,24)4/h6-9,12,19,23,26-27,35H,10-11,13-18H2,1-5H3/t19-,23-,26+,27+,29-,30-/m1/s1. The number of fused-ring (bicyclic) bond motifs is 4. The summed E-state index contributed by atoms with van der Waals surface area (Å²) in [5.74, 6) is 1.45. The molecule has 0 saturated heterocycles. The lowest BCUT2D eigenvalue weighted by atomic mass is 9.46. The van der Waals surface area contributed by atoms with Gasteiger partial charge in [0.15, 0.2) is 0 Å². The normalized spacial score (nSPS) is 37.3. The first kappa shape index (κ1) is 25.1. The number of hydrogen-bond acceptors (Lipinski definition) is 1. The molecule has 4 aliphatic rings. The molecule has 0 aliphatic heterocycles. The van der Waals surface area contributed by atoms with E-state index in [0.29, 0.717) is 17.8 Å². The number of alkyl halides is 3. The quantitative estimate of drug-likeness (QED) is 0.454. The summed E-state index contributed by atoms with van der Waals surface area (Å²) in [6.45, 7) is 11.8. The third-order valence-electron chi connectivity index (χ3n) is 11.0. The minimum absolute atomic E-state index is 0.0466. The van der Waals surface area contributed by atoms with Gasteiger partial charge in [-0.2, -0.15) is 13.2 Å². The van der Waals surface area contributed by atoms with Crippen molar-refractivity contribution < 1.29 is 18.3 Å². The molecule has 0 amide bonds. The molecule has 1 N–H and O–H groups in total. The minimum atomic E-state index is -4.28. The topological polar surface area (TPSA) is 20.2 Å². The molecular formula is C31H41F3O. The number of benzene rings is 1. The fourth-order valence-corrected chi connectivity index (χ4v) is 8.92. The molecule has 1 fully saturated rings. The summed E-state index contributed by atoms with van der Waals surface area (Å²) >= 11 is 0. The van der Waals surface area contributed by atoms with Gasteiger partial charge in [-0.25, -0.2) is 0 Å². The van der Waals surface area contributed by atoms with Gasteiger partial charge in [-0.05, 0) is 114 Å². The van der Waals surface area contributed by atoms with Crippen LogP contribution in [-0.2, 0) is 12.6 Å². The van der Waals surface area contributed by atoms with Gasteiger partial charge in [0.25, 0.3) is 0 Å². The van der Waals surface area contributed by atoms with Crippen LogP contribution in [0.15, 0.2) is 47.1 Å². The van der Waals surface area contributed by atoms with Gasteiger partial charge >= 0.3 is 6.18 Å². The van der Waals surface area contributed by atoms with Crippen molar-refractivity contribution in [1.29, 1.82) is 0 Å². The van der Waals surface area contributed by atoms with Crippen molar-refractivity contribution >= 4 is 0 Å². The Labute approximate surface area is 208 Å². The van der Waals surface area contributed by atoms with Gasteiger partial charge in [0.1, 0.15) is 0 Å². The maximum absolute atomic E-state index is 13.0. The lowest BCUT2D eigenvalue weighted by Crippen LogP contribution is -2.53. The summed E-state index contributed by atoms with van der Waals surface area (Å²) in [7, 11) is 0. The third-order valence-corrected chi connectivity index (χ3v) is 11.0. The second-order valence-electron chi connectivity index (χ2n) is 13.1. The number of aliphatic hydroxyl groups excluding tert-OH is 1. The van der Waals surface area contributed by atoms with Gasteiger partial charge in [-0.1, -0.05) is 58.4 Å². The zero-order valence-electron chi connectivity index (χ0n) is 21.9. The molecule has 1 nitrogen and oxygen atoms in total. The first-order valence-corrected chi connectivity index (χ1v) is 13.6. The molecule has 0 bridgehead atoms. The minimum Gasteiger partial charge on any atom is -0.393 e. The third kappa shape index (κ3) is 3.85. The molecule has 6 atom stereocenters. The van der Waals surface area contributed by atoms with E-state index in [4.69, 9.17) is 0 Å². The average Bonchev–Trinajstić information content (AvgIpc) is 3.14. The molecule has 5 rings (SSSR count). The van der Waals surface area contributed by atoms with Crippen LogP contribution in [0.4, 0.5) is 13.2 Å². The van der Waals surface area contributed by atoms with Crippen molar-refractivity contribution in [2.45, 2.75) is 98.3 Å². The SMILES string of the molecule is C[C@H](Cc1ccc(C(F)(F)F)cc1)[C@H]1CC=C2C3=C(CC[C@@]21C)[C@@]1(C)CC[C@H](O)C(C)(C)[C@@H]1CC3. The number of halogens is 3. The summed E-state index contributed by atoms with van der Waals surface area (Å²) in [5, 5.41) is 10.8. The van der Waals surface area contributed by atoms with Gasteiger partial charge in [0.05, 0.1) is 11.7 Å². The molecule has 1 saturated carbocycles. The van der Waals surface area contributed by atoms with Crippen LogP contribution in [0.2, 0.25) is 0 Å². The Balaban J connectivity index is 1.37. The molecule has 35 heavy (non-hydrogen) atoms. The summed E-state index contributed by atoms with van der Waals surface area (Å²) < 4.78 is 38.9. The molecular weight excluding hydrogens is 445 g/mol. The molecule has 4 aliphatic carbocycles. The number of rotatable bonds is 3. The Hall–Kier alpha value is -1.55. The smallest absolute Gasteiger partial charge is 0.393 e. The maximum atomic E-state index is 13.0. The highest BCUT2D eigenvalue weighted by Gasteiger charge is 2.57. The van der Waals surface area contributed by atoms with Gasteiger partial charge in [0.2, 0.25) is 0 Å². The van der Waals surface area contributed by atoms with Gasteiger partial charge in [-0.3, -0.25) is 0 Å². The fraction of sp³-hybridized carbons (Fsp3) is 0.677. The average molecular weight is 487 g/mol. The van der Waals surface area contributed by atoms with E-state index in [0.717, 1.165) is 56.9 Å². The monoisotopic (exact) mass is 486 g/mol. The molecule has 0 heterocycles. The predicted octanol–water partition coefficient (Wildman–Crippen LogP) is 8.52. The number of allylic oxidation sites excluding steroid dienone is 4. The maximum Gasteiger partial charge on any atom is 0.416 e. The van der Waals surface area contributed by atoms with Crippen LogP contribution in [-0.4, -0.2) is 11.2 Å². The van der Waals surface area contributed by atoms with Crippen LogP contribution in [0.25, 0.3) is 0 Å². The second-order valence-corrected chi connectivity index (χ2v) is 13.1. The summed E-state index contributed by atoms with van der Waals surface area (Å²) in [5.41, 5.74) is 5.58. The molecule has 1 aromatic carbocycles. The van der Waals surface area contributed by atoms with E-state index in [1.807, 2.05) is 0 Å². The van der Waals surface area contributed by atoms with Gasteiger partial charge in [-0.15, -0.1) is 0 Å². The van der Waals surface area contributed by atoms with Crippen molar-refractivity contribution in [2.24, 2.45) is 34.0 Å². The predicted molar refractivity (Wildman–Crippen MR) is 135 cm³/mol. The second kappa shape index (κ2) is 8.23. The highest BCUT2D eigenvalue weighted by atomic mass is 19.4. The van der Waals surface area contributed by atoms with Crippen LogP contribution in [0.1, 0.15) is 90.7 Å². The van der Waals surface area contributed by atoms with E-state index in [-0.39, 0.29) is 22.3 Å². The highest BCUT2D eigenvalue weighted by Crippen LogP contribution is 2.66. The number of aliphatic hydroxyl groups is 1. The van der Waals surface area contributed by atoms with E-state index in [2.05, 4.69) is 40.7 Å². The molecule has 192 valence electrons. The zero-order chi connectivity index (χ0) is 25.4. The van der Waals surface area contributed by atoms with Crippen molar-refractivity contribution in [3.8, 4) is 0 Å². The van der Waals surface area contributed by atoms with Crippen molar-refractivity contribution in [1.82, 2.24) is 0 Å². The Kier molecular flexibility index (Phi) is 5.91. The van der Waals surface area contributed by atoms with E-state index >= 15 is 0 Å². The van der Waals surface area contributed by atoms with Crippen molar-refractivity contribution in [3.05, 3.63) is 58.2 Å². The van der Waals surface area contributed by atoms with Crippen LogP contribution in [0, 0.1) is 34.0 Å². The largest absolute Gasteiger partial charge is 0.416 e. The van der Waals surface area contributed by atoms with E-state index in [9.17, 15) is 18.3 Å². The van der Waals surface area contributed by atoms with Gasteiger partial charge < -0.3 is 5.11 Å². The van der Waals surface area contributed by atoms with Crippen molar-refractivity contribution in [3.63, 3.8) is 0 Å². The highest BCUT2D eigenvalue weighted by molar-refractivity contribution is 5.50. The molecule has 0 radical (unpaired) electrons. The molecule has 0 unspecified atom stereocenters. The fourth-order valence-electron chi connectivity index (χ4n) is 8.92. The van der Waals surface area contributed by atoms with E-state index < -0.39 is 11.7 Å². The summed E-state index contributed by atoms with van der Waals surface area (Å²) in [6.07, 6.45) is 6.44. The molecule has 0 spiro atoms. The molecule has 4 heteroatoms. The van der Waals surface area contributed by atoms with Gasteiger partial charge in [0, 0.05) is 0 Å². The Bertz CT molecular complexity index is 1050. The molecule has 1 aromatic rings. The van der Waals surface area contributed by atoms with E-state index in [1.54, 1.807) is 28.9 Å². The van der Waals surface area contributed by atoms with Crippen LogP contribution in [0.5, 0.6) is 0 Å². The first-order valence-electron chi connectivity index (χ1n) is 13.6. The van der Waals surface area contributed by atoms with Crippen LogP contribution < -0.4 is 0 Å².